The Labute approximate surface area is 89.1 Å². The molecule has 80 valence electrons. The Morgan fingerprint density at radius 1 is 1.53 bits per heavy atom. The minimum atomic E-state index is 0.143. The van der Waals surface area contributed by atoms with Crippen molar-refractivity contribution in [2.24, 2.45) is 0 Å². The van der Waals surface area contributed by atoms with Gasteiger partial charge in [0.25, 0.3) is 0 Å². The molecule has 0 aliphatic carbocycles. The number of hydrogen-bond acceptors (Lipinski definition) is 3. The second-order valence-corrected chi connectivity index (χ2v) is 3.90. The van der Waals surface area contributed by atoms with E-state index in [9.17, 15) is 4.79 Å². The molecule has 1 atom stereocenters. The van der Waals surface area contributed by atoms with E-state index < -0.39 is 0 Å². The summed E-state index contributed by atoms with van der Waals surface area (Å²) in [5.74, 6) is 1.02. The molecule has 2 rings (SSSR count). The summed E-state index contributed by atoms with van der Waals surface area (Å²) >= 11 is 0. The number of rotatable bonds is 2. The Bertz CT molecular complexity index is 337. The largest absolute Gasteiger partial charge is 0.366 e. The summed E-state index contributed by atoms with van der Waals surface area (Å²) in [7, 11) is 0. The van der Waals surface area contributed by atoms with Gasteiger partial charge in [-0.1, -0.05) is 6.07 Å². The summed E-state index contributed by atoms with van der Waals surface area (Å²) < 4.78 is 0. The molecule has 1 aliphatic heterocycles. The molecule has 4 heteroatoms. The van der Waals surface area contributed by atoms with Crippen LogP contribution in [0.2, 0.25) is 0 Å². The number of hydrogen-bond donors (Lipinski definition) is 2. The fourth-order valence-corrected chi connectivity index (χ4v) is 1.62. The number of piperidine rings is 1. The lowest BCUT2D eigenvalue weighted by atomic mass is 10.1. The Hall–Kier alpha value is -1.58. The fraction of sp³-hybridized carbons (Fsp3) is 0.455. The summed E-state index contributed by atoms with van der Waals surface area (Å²) in [4.78, 5) is 15.2. The minimum Gasteiger partial charge on any atom is -0.366 e. The molecule has 1 fully saturated rings. The van der Waals surface area contributed by atoms with Crippen molar-refractivity contribution in [2.75, 3.05) is 11.9 Å². The number of aromatic nitrogens is 1. The standard InChI is InChI=1S/C11H15N3O/c1-8-2-4-10(12-6-8)14-9-3-5-11(15)13-7-9/h2,4,6,9H,3,5,7H2,1H3,(H,12,14)(H,13,15). The van der Waals surface area contributed by atoms with Gasteiger partial charge < -0.3 is 10.6 Å². The monoisotopic (exact) mass is 205 g/mol. The van der Waals surface area contributed by atoms with Crippen LogP contribution in [0.5, 0.6) is 0 Å². The predicted molar refractivity (Wildman–Crippen MR) is 58.6 cm³/mol. The van der Waals surface area contributed by atoms with Crippen LogP contribution in [0.4, 0.5) is 5.82 Å². The van der Waals surface area contributed by atoms with Gasteiger partial charge in [-0.15, -0.1) is 0 Å². The molecule has 4 nitrogen and oxygen atoms in total. The van der Waals surface area contributed by atoms with Gasteiger partial charge in [0.2, 0.25) is 5.91 Å². The Balaban J connectivity index is 1.91. The van der Waals surface area contributed by atoms with Gasteiger partial charge in [0, 0.05) is 25.2 Å². The van der Waals surface area contributed by atoms with Gasteiger partial charge in [-0.2, -0.15) is 0 Å². The quantitative estimate of drug-likeness (QED) is 0.759. The van der Waals surface area contributed by atoms with E-state index in [1.807, 2.05) is 25.3 Å². The highest BCUT2D eigenvalue weighted by molar-refractivity contribution is 5.76. The Morgan fingerprint density at radius 2 is 2.40 bits per heavy atom. The maximum atomic E-state index is 11.0. The lowest BCUT2D eigenvalue weighted by Gasteiger charge is -2.23. The maximum absolute atomic E-state index is 11.0. The molecular formula is C11H15N3O. The van der Waals surface area contributed by atoms with Gasteiger partial charge in [-0.05, 0) is 25.0 Å². The second-order valence-electron chi connectivity index (χ2n) is 3.90. The number of carbonyl (C=O) groups excluding carboxylic acids is 1. The molecule has 15 heavy (non-hydrogen) atoms. The van der Waals surface area contributed by atoms with E-state index in [0.29, 0.717) is 19.0 Å². The summed E-state index contributed by atoms with van der Waals surface area (Å²) in [6, 6.07) is 4.29. The first kappa shape index (κ1) is 9.96. The highest BCUT2D eigenvalue weighted by atomic mass is 16.1. The molecule has 1 aromatic rings. The lowest BCUT2D eigenvalue weighted by Crippen LogP contribution is -2.42. The number of nitrogens with one attached hydrogen (secondary N) is 2. The summed E-state index contributed by atoms with van der Waals surface area (Å²) in [6.45, 7) is 2.70. The van der Waals surface area contributed by atoms with Gasteiger partial charge >= 0.3 is 0 Å². The molecule has 2 heterocycles. The average molecular weight is 205 g/mol. The molecule has 0 saturated carbocycles. The van der Waals surface area contributed by atoms with Crippen LogP contribution in [-0.2, 0) is 4.79 Å². The van der Waals surface area contributed by atoms with Crippen LogP contribution >= 0.6 is 0 Å². The van der Waals surface area contributed by atoms with E-state index in [1.165, 1.54) is 0 Å². The van der Waals surface area contributed by atoms with E-state index in [4.69, 9.17) is 0 Å². The van der Waals surface area contributed by atoms with Gasteiger partial charge in [0.15, 0.2) is 0 Å². The zero-order valence-corrected chi connectivity index (χ0v) is 8.79. The van der Waals surface area contributed by atoms with Crippen LogP contribution in [0.25, 0.3) is 0 Å². The van der Waals surface area contributed by atoms with Crippen molar-refractivity contribution in [2.45, 2.75) is 25.8 Å². The van der Waals surface area contributed by atoms with Crippen LogP contribution in [0.15, 0.2) is 18.3 Å². The number of aryl methyl sites for hydroxylation is 1. The fourth-order valence-electron chi connectivity index (χ4n) is 1.62. The predicted octanol–water partition coefficient (Wildman–Crippen LogP) is 1.08. The molecule has 1 aromatic heterocycles. The van der Waals surface area contributed by atoms with Crippen molar-refractivity contribution in [3.05, 3.63) is 23.9 Å². The van der Waals surface area contributed by atoms with E-state index in [2.05, 4.69) is 15.6 Å². The van der Waals surface area contributed by atoms with Gasteiger partial charge in [0.1, 0.15) is 5.82 Å². The van der Waals surface area contributed by atoms with E-state index in [-0.39, 0.29) is 5.91 Å². The highest BCUT2D eigenvalue weighted by Gasteiger charge is 2.17. The summed E-state index contributed by atoms with van der Waals surface area (Å²) in [5, 5.41) is 6.14. The normalized spacial score (nSPS) is 20.9. The van der Waals surface area contributed by atoms with Crippen LogP contribution in [0, 0.1) is 6.92 Å². The molecule has 0 bridgehead atoms. The van der Waals surface area contributed by atoms with E-state index in [0.717, 1.165) is 17.8 Å². The van der Waals surface area contributed by atoms with Crippen molar-refractivity contribution in [1.29, 1.82) is 0 Å². The molecule has 1 unspecified atom stereocenters. The molecule has 1 amide bonds. The van der Waals surface area contributed by atoms with Crippen molar-refractivity contribution < 1.29 is 4.79 Å². The molecule has 2 N–H and O–H groups in total. The van der Waals surface area contributed by atoms with Crippen LogP contribution in [0.1, 0.15) is 18.4 Å². The highest BCUT2D eigenvalue weighted by Crippen LogP contribution is 2.10. The first-order valence-electron chi connectivity index (χ1n) is 5.20. The molecule has 0 spiro atoms. The van der Waals surface area contributed by atoms with E-state index in [1.54, 1.807) is 0 Å². The molecule has 1 saturated heterocycles. The van der Waals surface area contributed by atoms with Gasteiger partial charge in [-0.3, -0.25) is 4.79 Å². The first-order chi connectivity index (χ1) is 7.24. The molecule has 1 aliphatic rings. The molecule has 0 radical (unpaired) electrons. The lowest BCUT2D eigenvalue weighted by molar-refractivity contribution is -0.122. The van der Waals surface area contributed by atoms with Crippen molar-refractivity contribution >= 4 is 11.7 Å². The summed E-state index contributed by atoms with van der Waals surface area (Å²) in [5.41, 5.74) is 1.15. The first-order valence-corrected chi connectivity index (χ1v) is 5.20. The number of nitrogens with zero attached hydrogens (tertiary/aromatic N) is 1. The van der Waals surface area contributed by atoms with Crippen molar-refractivity contribution in [3.8, 4) is 0 Å². The van der Waals surface area contributed by atoms with Gasteiger partial charge in [0.05, 0.1) is 0 Å². The van der Waals surface area contributed by atoms with E-state index >= 15 is 0 Å². The van der Waals surface area contributed by atoms with Crippen LogP contribution in [-0.4, -0.2) is 23.5 Å². The third-order valence-electron chi connectivity index (χ3n) is 2.53. The SMILES string of the molecule is Cc1ccc(NC2CCC(=O)NC2)nc1. The smallest absolute Gasteiger partial charge is 0.220 e. The third kappa shape index (κ3) is 2.68. The Morgan fingerprint density at radius 3 is 3.00 bits per heavy atom. The number of anilines is 1. The number of carbonyl (C=O) groups is 1. The van der Waals surface area contributed by atoms with Crippen molar-refractivity contribution in [3.63, 3.8) is 0 Å². The second kappa shape index (κ2) is 4.29. The molecular weight excluding hydrogens is 190 g/mol. The zero-order chi connectivity index (χ0) is 10.7. The van der Waals surface area contributed by atoms with Crippen LogP contribution < -0.4 is 10.6 Å². The maximum Gasteiger partial charge on any atom is 0.220 e. The minimum absolute atomic E-state index is 0.143. The third-order valence-corrected chi connectivity index (χ3v) is 2.53. The number of pyridine rings is 1. The molecule has 0 aromatic carbocycles. The van der Waals surface area contributed by atoms with Crippen molar-refractivity contribution in [1.82, 2.24) is 10.3 Å². The topological polar surface area (TPSA) is 54.0 Å². The number of amides is 1. The zero-order valence-electron chi connectivity index (χ0n) is 8.79. The summed E-state index contributed by atoms with van der Waals surface area (Å²) in [6.07, 6.45) is 3.31. The average Bonchev–Trinajstić information content (AvgIpc) is 2.25. The van der Waals surface area contributed by atoms with Gasteiger partial charge in [-0.25, -0.2) is 4.98 Å². The Kier molecular flexibility index (Phi) is 2.85. The van der Waals surface area contributed by atoms with Crippen LogP contribution in [0.3, 0.4) is 0 Å².